The Bertz CT molecular complexity index is 420. The van der Waals surface area contributed by atoms with Crippen LogP contribution in [0.25, 0.3) is 0 Å². The summed E-state index contributed by atoms with van der Waals surface area (Å²) >= 11 is 0. The number of para-hydroxylation sites is 1. The standard InChI is InChI=1S/C18H32N4.HI/c1-16(2)12-14-21-18(19-3)20-13-8-9-15-22(4)17-10-6-5-7-11-17;/h5-7,10-11,16H,8-9,12-15H2,1-4H3,(H2,19,20,21);1H. The fourth-order valence-corrected chi connectivity index (χ4v) is 2.19. The Morgan fingerprint density at radius 2 is 1.74 bits per heavy atom. The minimum Gasteiger partial charge on any atom is -0.375 e. The van der Waals surface area contributed by atoms with Crippen LogP contribution in [0.5, 0.6) is 0 Å². The van der Waals surface area contributed by atoms with Gasteiger partial charge in [-0.05, 0) is 37.3 Å². The van der Waals surface area contributed by atoms with Crippen LogP contribution >= 0.6 is 24.0 Å². The van der Waals surface area contributed by atoms with Gasteiger partial charge in [-0.2, -0.15) is 0 Å². The van der Waals surface area contributed by atoms with Gasteiger partial charge in [0, 0.05) is 39.4 Å². The SMILES string of the molecule is CN=C(NCCCCN(C)c1ccccc1)NCCC(C)C.I. The van der Waals surface area contributed by atoms with Crippen molar-refractivity contribution in [3.8, 4) is 0 Å². The first-order valence-electron chi connectivity index (χ1n) is 8.34. The molecule has 0 aliphatic carbocycles. The lowest BCUT2D eigenvalue weighted by Crippen LogP contribution is -2.38. The quantitative estimate of drug-likeness (QED) is 0.270. The van der Waals surface area contributed by atoms with Gasteiger partial charge in [-0.25, -0.2) is 0 Å². The molecule has 5 heteroatoms. The average molecular weight is 432 g/mol. The molecule has 1 rings (SSSR count). The first-order valence-corrected chi connectivity index (χ1v) is 8.34. The molecule has 0 unspecified atom stereocenters. The van der Waals surface area contributed by atoms with Crippen LogP contribution in [-0.2, 0) is 0 Å². The number of aliphatic imine (C=N–C) groups is 1. The van der Waals surface area contributed by atoms with Gasteiger partial charge in [-0.3, -0.25) is 4.99 Å². The van der Waals surface area contributed by atoms with E-state index >= 15 is 0 Å². The van der Waals surface area contributed by atoms with E-state index in [1.807, 2.05) is 7.05 Å². The number of guanidine groups is 1. The van der Waals surface area contributed by atoms with Crippen LogP contribution in [0.2, 0.25) is 0 Å². The highest BCUT2D eigenvalue weighted by Gasteiger charge is 2.01. The van der Waals surface area contributed by atoms with Gasteiger partial charge >= 0.3 is 0 Å². The Morgan fingerprint density at radius 3 is 2.35 bits per heavy atom. The van der Waals surface area contributed by atoms with Crippen molar-refractivity contribution in [2.75, 3.05) is 38.6 Å². The van der Waals surface area contributed by atoms with Crippen molar-refractivity contribution in [1.29, 1.82) is 0 Å². The molecule has 1 aromatic carbocycles. The molecule has 0 amide bonds. The van der Waals surface area contributed by atoms with E-state index in [4.69, 9.17) is 0 Å². The van der Waals surface area contributed by atoms with Crippen molar-refractivity contribution < 1.29 is 0 Å². The van der Waals surface area contributed by atoms with Gasteiger partial charge in [0.2, 0.25) is 0 Å². The van der Waals surface area contributed by atoms with E-state index in [9.17, 15) is 0 Å². The van der Waals surface area contributed by atoms with E-state index in [0.29, 0.717) is 0 Å². The lowest BCUT2D eigenvalue weighted by molar-refractivity contribution is 0.572. The molecule has 132 valence electrons. The Hall–Kier alpha value is -0.980. The number of nitrogens with one attached hydrogen (secondary N) is 2. The van der Waals surface area contributed by atoms with Gasteiger partial charge in [-0.15, -0.1) is 24.0 Å². The molecule has 0 radical (unpaired) electrons. The molecule has 0 heterocycles. The highest BCUT2D eigenvalue weighted by Crippen LogP contribution is 2.11. The minimum atomic E-state index is 0. The molecule has 2 N–H and O–H groups in total. The van der Waals surface area contributed by atoms with Gasteiger partial charge in [-0.1, -0.05) is 32.0 Å². The number of benzene rings is 1. The number of rotatable bonds is 9. The molecule has 4 nitrogen and oxygen atoms in total. The first kappa shape index (κ1) is 22.0. The van der Waals surface area contributed by atoms with Crippen LogP contribution in [0.1, 0.15) is 33.1 Å². The second kappa shape index (κ2) is 13.5. The largest absolute Gasteiger partial charge is 0.375 e. The third-order valence-corrected chi connectivity index (χ3v) is 3.65. The fourth-order valence-electron chi connectivity index (χ4n) is 2.19. The van der Waals surface area contributed by atoms with Crippen LogP contribution in [0.15, 0.2) is 35.3 Å². The van der Waals surface area contributed by atoms with Gasteiger partial charge in [0.25, 0.3) is 0 Å². The minimum absolute atomic E-state index is 0. The lowest BCUT2D eigenvalue weighted by atomic mass is 10.1. The highest BCUT2D eigenvalue weighted by atomic mass is 127. The lowest BCUT2D eigenvalue weighted by Gasteiger charge is -2.19. The Kier molecular flexibility index (Phi) is 12.9. The first-order chi connectivity index (χ1) is 10.6. The maximum Gasteiger partial charge on any atom is 0.190 e. The second-order valence-corrected chi connectivity index (χ2v) is 6.07. The Morgan fingerprint density at radius 1 is 1.09 bits per heavy atom. The predicted octanol–water partition coefficient (Wildman–Crippen LogP) is 3.73. The summed E-state index contributed by atoms with van der Waals surface area (Å²) < 4.78 is 0. The maximum atomic E-state index is 4.25. The second-order valence-electron chi connectivity index (χ2n) is 6.07. The van der Waals surface area contributed by atoms with Gasteiger partial charge in [0.05, 0.1) is 0 Å². The third kappa shape index (κ3) is 10.4. The summed E-state index contributed by atoms with van der Waals surface area (Å²) in [6.45, 7) is 7.49. The molecule has 23 heavy (non-hydrogen) atoms. The summed E-state index contributed by atoms with van der Waals surface area (Å²) in [6, 6.07) is 10.5. The van der Waals surface area contributed by atoms with Gasteiger partial charge in [0.1, 0.15) is 0 Å². The van der Waals surface area contributed by atoms with E-state index in [2.05, 4.69) is 71.8 Å². The number of halogens is 1. The van der Waals surface area contributed by atoms with Gasteiger partial charge in [0.15, 0.2) is 5.96 Å². The van der Waals surface area contributed by atoms with Crippen molar-refractivity contribution in [2.24, 2.45) is 10.9 Å². The molecule has 0 bridgehead atoms. The number of anilines is 1. The molecule has 0 atom stereocenters. The molecule has 0 saturated carbocycles. The van der Waals surface area contributed by atoms with E-state index in [-0.39, 0.29) is 24.0 Å². The Balaban J connectivity index is 0.00000484. The predicted molar refractivity (Wildman–Crippen MR) is 113 cm³/mol. The number of hydrogen-bond acceptors (Lipinski definition) is 2. The van der Waals surface area contributed by atoms with Crippen molar-refractivity contribution in [3.63, 3.8) is 0 Å². The average Bonchev–Trinajstić information content (AvgIpc) is 2.53. The van der Waals surface area contributed by atoms with Crippen molar-refractivity contribution in [2.45, 2.75) is 33.1 Å². The van der Waals surface area contributed by atoms with E-state index in [1.165, 1.54) is 18.5 Å². The van der Waals surface area contributed by atoms with Crippen molar-refractivity contribution in [3.05, 3.63) is 30.3 Å². The molecular weight excluding hydrogens is 399 g/mol. The van der Waals surface area contributed by atoms with Crippen molar-refractivity contribution in [1.82, 2.24) is 10.6 Å². The smallest absolute Gasteiger partial charge is 0.190 e. The molecule has 1 aromatic rings. The van der Waals surface area contributed by atoms with E-state index in [1.54, 1.807) is 0 Å². The summed E-state index contributed by atoms with van der Waals surface area (Å²) in [5.41, 5.74) is 1.28. The highest BCUT2D eigenvalue weighted by molar-refractivity contribution is 14.0. The van der Waals surface area contributed by atoms with E-state index in [0.717, 1.165) is 37.9 Å². The van der Waals surface area contributed by atoms with Gasteiger partial charge < -0.3 is 15.5 Å². The van der Waals surface area contributed by atoms with Crippen LogP contribution in [0, 0.1) is 5.92 Å². The maximum absolute atomic E-state index is 4.25. The molecule has 0 saturated heterocycles. The van der Waals surface area contributed by atoms with E-state index < -0.39 is 0 Å². The summed E-state index contributed by atoms with van der Waals surface area (Å²) in [5, 5.41) is 6.73. The molecule has 0 spiro atoms. The molecule has 0 fully saturated rings. The number of unbranched alkanes of at least 4 members (excludes halogenated alkanes) is 1. The zero-order chi connectivity index (χ0) is 16.2. The number of nitrogens with zero attached hydrogens (tertiary/aromatic N) is 2. The normalized spacial score (nSPS) is 11.1. The van der Waals surface area contributed by atoms with Crippen molar-refractivity contribution >= 4 is 35.6 Å². The number of hydrogen-bond donors (Lipinski definition) is 2. The monoisotopic (exact) mass is 432 g/mol. The van der Waals surface area contributed by atoms with Crippen LogP contribution in [-0.4, -0.2) is 39.7 Å². The zero-order valence-electron chi connectivity index (χ0n) is 15.0. The summed E-state index contributed by atoms with van der Waals surface area (Å²) in [6.07, 6.45) is 3.48. The molecule has 0 aliphatic rings. The topological polar surface area (TPSA) is 39.7 Å². The fraction of sp³-hybridized carbons (Fsp3) is 0.611. The molecule has 0 aliphatic heterocycles. The zero-order valence-corrected chi connectivity index (χ0v) is 17.3. The Labute approximate surface area is 159 Å². The molecular formula is C18H33IN4. The van der Waals surface area contributed by atoms with Crippen LogP contribution < -0.4 is 15.5 Å². The summed E-state index contributed by atoms with van der Waals surface area (Å²) in [4.78, 5) is 6.55. The van der Waals surface area contributed by atoms with Crippen LogP contribution in [0.3, 0.4) is 0 Å². The van der Waals surface area contributed by atoms with Crippen LogP contribution in [0.4, 0.5) is 5.69 Å². The summed E-state index contributed by atoms with van der Waals surface area (Å²) in [7, 11) is 3.98. The molecule has 0 aromatic heterocycles. The third-order valence-electron chi connectivity index (χ3n) is 3.65. The summed E-state index contributed by atoms with van der Waals surface area (Å²) in [5.74, 6) is 1.64.